The molecule has 3 aromatic rings. The summed E-state index contributed by atoms with van der Waals surface area (Å²) >= 11 is 5.97. The number of ether oxygens (including phenoxy) is 2. The summed E-state index contributed by atoms with van der Waals surface area (Å²) in [4.78, 5) is 37.0. The van der Waals surface area contributed by atoms with Crippen LogP contribution in [0.2, 0.25) is 0 Å². The number of rotatable bonds is 9. The predicted molar refractivity (Wildman–Crippen MR) is 126 cm³/mol. The van der Waals surface area contributed by atoms with Crippen LogP contribution >= 0.6 is 39.0 Å². The summed E-state index contributed by atoms with van der Waals surface area (Å²) in [5.74, 6) is -0.799. The predicted octanol–water partition coefficient (Wildman–Crippen LogP) is 4.39. The lowest BCUT2D eigenvalue weighted by atomic mass is 10.1. The van der Waals surface area contributed by atoms with Gasteiger partial charge in [-0.15, -0.1) is 10.2 Å². The Morgan fingerprint density at radius 1 is 1.09 bits per heavy atom. The summed E-state index contributed by atoms with van der Waals surface area (Å²) in [6, 6.07) is 11.2. The highest BCUT2D eigenvalue weighted by Crippen LogP contribution is 2.27. The molecule has 8 nitrogen and oxygen atoms in total. The van der Waals surface area contributed by atoms with Crippen molar-refractivity contribution in [2.45, 2.75) is 11.3 Å². The molecule has 11 heteroatoms. The lowest BCUT2D eigenvalue weighted by molar-refractivity contribution is -0.113. The number of esters is 1. The fraction of sp³-hybridized carbons (Fsp3) is 0.190. The van der Waals surface area contributed by atoms with E-state index in [0.29, 0.717) is 21.3 Å². The fourth-order valence-electron chi connectivity index (χ4n) is 2.52. The summed E-state index contributed by atoms with van der Waals surface area (Å²) in [6.07, 6.45) is 0. The number of hydrogen-bond donors (Lipinski definition) is 1. The van der Waals surface area contributed by atoms with Gasteiger partial charge < -0.3 is 14.8 Å². The van der Waals surface area contributed by atoms with Crippen LogP contribution in [0.15, 0.2) is 51.3 Å². The first-order chi connectivity index (χ1) is 15.4. The number of anilines is 1. The Morgan fingerprint density at radius 2 is 1.81 bits per heavy atom. The Bertz CT molecular complexity index is 1130. The minimum absolute atomic E-state index is 0.119. The highest BCUT2D eigenvalue weighted by atomic mass is 79.9. The van der Waals surface area contributed by atoms with Crippen LogP contribution < -0.4 is 10.1 Å². The van der Waals surface area contributed by atoms with Gasteiger partial charge in [-0.25, -0.2) is 4.79 Å². The Balaban J connectivity index is 1.61. The number of hydrogen-bond acceptors (Lipinski definition) is 9. The van der Waals surface area contributed by atoms with Crippen molar-refractivity contribution in [2.75, 3.05) is 24.8 Å². The second kappa shape index (κ2) is 11.2. The lowest BCUT2D eigenvalue weighted by Crippen LogP contribution is -2.17. The van der Waals surface area contributed by atoms with Crippen molar-refractivity contribution in [3.63, 3.8) is 0 Å². The van der Waals surface area contributed by atoms with Crippen LogP contribution in [0, 0.1) is 6.92 Å². The second-order valence-corrected chi connectivity index (χ2v) is 9.66. The number of nitrogens with zero attached hydrogens (tertiary/aromatic N) is 2. The van der Waals surface area contributed by atoms with E-state index in [9.17, 15) is 14.4 Å². The van der Waals surface area contributed by atoms with Crippen molar-refractivity contribution < 1.29 is 23.9 Å². The number of halogens is 1. The molecule has 2 aromatic carbocycles. The quantitative estimate of drug-likeness (QED) is 0.244. The number of Topliss-reactive ketones (excluding diaryl/α,β-unsaturated/α-hetero) is 1. The zero-order valence-corrected chi connectivity index (χ0v) is 20.3. The van der Waals surface area contributed by atoms with Crippen molar-refractivity contribution in [3.8, 4) is 5.75 Å². The molecule has 0 atom stereocenters. The van der Waals surface area contributed by atoms with Crippen molar-refractivity contribution in [3.05, 3.63) is 63.1 Å². The average Bonchev–Trinajstić information content (AvgIpc) is 3.21. The number of carbonyl (C=O) groups excluding carboxylic acids is 3. The fourth-order valence-corrected chi connectivity index (χ4v) is 4.40. The third kappa shape index (κ3) is 6.62. The molecule has 0 unspecified atom stereocenters. The lowest BCUT2D eigenvalue weighted by Gasteiger charge is -2.12. The number of carbonyl (C=O) groups is 3. The average molecular weight is 536 g/mol. The van der Waals surface area contributed by atoms with Crippen molar-refractivity contribution >= 4 is 62.4 Å². The second-order valence-electron chi connectivity index (χ2n) is 6.35. The first-order valence-electron chi connectivity index (χ1n) is 9.22. The van der Waals surface area contributed by atoms with E-state index >= 15 is 0 Å². The molecule has 0 saturated carbocycles. The van der Waals surface area contributed by atoms with E-state index in [1.165, 1.54) is 42.3 Å². The highest BCUT2D eigenvalue weighted by Gasteiger charge is 2.16. The summed E-state index contributed by atoms with van der Waals surface area (Å²) < 4.78 is 11.9. The Morgan fingerprint density at radius 3 is 2.47 bits per heavy atom. The molecular formula is C21H18BrN3O5S2. The van der Waals surface area contributed by atoms with Gasteiger partial charge in [-0.05, 0) is 37.3 Å². The topological polar surface area (TPSA) is 107 Å². The number of ketones is 1. The molecule has 0 spiro atoms. The monoisotopic (exact) mass is 535 g/mol. The minimum atomic E-state index is -0.688. The van der Waals surface area contributed by atoms with E-state index in [4.69, 9.17) is 9.47 Å². The van der Waals surface area contributed by atoms with Crippen LogP contribution in [0.1, 0.15) is 25.7 Å². The van der Waals surface area contributed by atoms with Gasteiger partial charge in [0.1, 0.15) is 10.8 Å². The molecule has 0 aliphatic heterocycles. The maximum absolute atomic E-state index is 12.4. The molecule has 1 heterocycles. The summed E-state index contributed by atoms with van der Waals surface area (Å²) in [6.45, 7) is 1.44. The van der Waals surface area contributed by atoms with E-state index in [1.807, 2.05) is 6.92 Å². The third-order valence-corrected chi connectivity index (χ3v) is 6.54. The zero-order chi connectivity index (χ0) is 23.1. The molecule has 1 N–H and O–H groups in total. The van der Waals surface area contributed by atoms with Crippen LogP contribution in [-0.4, -0.2) is 47.3 Å². The maximum atomic E-state index is 12.4. The number of nitrogens with one attached hydrogen (secondary N) is 1. The van der Waals surface area contributed by atoms with E-state index in [2.05, 4.69) is 31.4 Å². The van der Waals surface area contributed by atoms with Crippen LogP contribution in [0.4, 0.5) is 5.69 Å². The molecule has 3 rings (SSSR count). The van der Waals surface area contributed by atoms with Gasteiger partial charge in [-0.1, -0.05) is 51.2 Å². The Hall–Kier alpha value is -2.76. The molecule has 1 aromatic heterocycles. The molecule has 32 heavy (non-hydrogen) atoms. The summed E-state index contributed by atoms with van der Waals surface area (Å²) in [5, 5.41) is 11.4. The van der Waals surface area contributed by atoms with Crippen molar-refractivity contribution in [2.24, 2.45) is 0 Å². The number of aromatic nitrogens is 2. The first kappa shape index (κ1) is 23.9. The maximum Gasteiger partial charge on any atom is 0.338 e. The third-order valence-electron chi connectivity index (χ3n) is 4.04. The highest BCUT2D eigenvalue weighted by molar-refractivity contribution is 9.10. The molecule has 0 aliphatic rings. The number of benzene rings is 2. The van der Waals surface area contributed by atoms with E-state index in [0.717, 1.165) is 9.48 Å². The zero-order valence-electron chi connectivity index (χ0n) is 17.1. The molecule has 0 bridgehead atoms. The van der Waals surface area contributed by atoms with Gasteiger partial charge in [-0.2, -0.15) is 0 Å². The summed E-state index contributed by atoms with van der Waals surface area (Å²) in [7, 11) is 1.46. The number of aryl methyl sites for hydroxylation is 1. The molecule has 0 radical (unpaired) electrons. The van der Waals surface area contributed by atoms with Gasteiger partial charge in [0, 0.05) is 10.0 Å². The van der Waals surface area contributed by atoms with Gasteiger partial charge >= 0.3 is 5.97 Å². The van der Waals surface area contributed by atoms with Crippen LogP contribution in [-0.2, 0) is 9.53 Å². The summed E-state index contributed by atoms with van der Waals surface area (Å²) in [5.41, 5.74) is 0.934. The molecular weight excluding hydrogens is 518 g/mol. The normalized spacial score (nSPS) is 10.5. The molecule has 0 saturated heterocycles. The number of amides is 1. The van der Waals surface area contributed by atoms with Gasteiger partial charge in [0.25, 0.3) is 0 Å². The van der Waals surface area contributed by atoms with Gasteiger partial charge in [-0.3, -0.25) is 9.59 Å². The molecule has 0 aliphatic carbocycles. The smallest absolute Gasteiger partial charge is 0.338 e. The molecule has 1 amide bonds. The Labute approximate surface area is 200 Å². The van der Waals surface area contributed by atoms with Gasteiger partial charge in [0.15, 0.2) is 16.7 Å². The van der Waals surface area contributed by atoms with Crippen LogP contribution in [0.3, 0.4) is 0 Å². The van der Waals surface area contributed by atoms with E-state index < -0.39 is 12.6 Å². The van der Waals surface area contributed by atoms with Crippen LogP contribution in [0.25, 0.3) is 0 Å². The van der Waals surface area contributed by atoms with E-state index in [1.54, 1.807) is 30.3 Å². The minimum Gasteiger partial charge on any atom is -0.495 e. The van der Waals surface area contributed by atoms with Gasteiger partial charge in [0.05, 0.1) is 24.1 Å². The molecule has 166 valence electrons. The standard InChI is InChI=1S/C21H18BrN3O5S2/c1-12-24-25-21(32-12)31-11-19(27)23-16-9-14(5-8-18(16)29-2)20(28)30-10-17(26)13-3-6-15(22)7-4-13/h3-9H,10-11H2,1-2H3,(H,23,27). The van der Waals surface area contributed by atoms with Crippen molar-refractivity contribution in [1.82, 2.24) is 10.2 Å². The number of methoxy groups -OCH3 is 1. The number of thioether (sulfide) groups is 1. The van der Waals surface area contributed by atoms with E-state index in [-0.39, 0.29) is 23.0 Å². The van der Waals surface area contributed by atoms with Crippen LogP contribution in [0.5, 0.6) is 5.75 Å². The first-order valence-corrected chi connectivity index (χ1v) is 11.8. The SMILES string of the molecule is COc1ccc(C(=O)OCC(=O)c2ccc(Br)cc2)cc1NC(=O)CSc1nnc(C)s1. The largest absolute Gasteiger partial charge is 0.495 e. The van der Waals surface area contributed by atoms with Crippen molar-refractivity contribution in [1.29, 1.82) is 0 Å². The Kier molecular flexibility index (Phi) is 8.37. The molecule has 0 fully saturated rings. The van der Waals surface area contributed by atoms with Gasteiger partial charge in [0.2, 0.25) is 5.91 Å².